The minimum atomic E-state index is -0.510. The molecule has 21 heavy (non-hydrogen) atoms. The van der Waals surface area contributed by atoms with Crippen LogP contribution in [0.2, 0.25) is 0 Å². The summed E-state index contributed by atoms with van der Waals surface area (Å²) in [5.41, 5.74) is 1.52. The highest BCUT2D eigenvalue weighted by Gasteiger charge is 2.12. The Kier molecular flexibility index (Phi) is 7.15. The molecule has 1 aromatic carbocycles. The third kappa shape index (κ3) is 6.21. The van der Waals surface area contributed by atoms with E-state index in [1.54, 1.807) is 19.1 Å². The van der Waals surface area contributed by atoms with Crippen molar-refractivity contribution in [3.8, 4) is 0 Å². The number of hydrogen-bond donors (Lipinski definition) is 0. The topological polar surface area (TPSA) is 69.7 Å². The van der Waals surface area contributed by atoms with Gasteiger partial charge in [0, 0.05) is 12.0 Å². The summed E-state index contributed by atoms with van der Waals surface area (Å²) in [5, 5.41) is 0. The molecule has 0 bridgehead atoms. The van der Waals surface area contributed by atoms with E-state index in [9.17, 15) is 14.4 Å². The standard InChI is InChI=1S/C16H20O5/c1-3-21-16(19)11-14(17)13-9-7-12(8-10-13)5-4-6-15(18)20-2/h7-10H,3-6,11H2,1-2H3. The van der Waals surface area contributed by atoms with E-state index in [0.717, 1.165) is 12.0 Å². The van der Waals surface area contributed by atoms with Gasteiger partial charge in [0.05, 0.1) is 13.7 Å². The first-order valence-corrected chi connectivity index (χ1v) is 6.91. The molecule has 0 heterocycles. The van der Waals surface area contributed by atoms with Crippen molar-refractivity contribution in [1.82, 2.24) is 0 Å². The Bertz CT molecular complexity index is 490. The molecule has 0 amide bonds. The highest BCUT2D eigenvalue weighted by atomic mass is 16.5. The predicted octanol–water partition coefficient (Wildman–Crippen LogP) is 2.32. The van der Waals surface area contributed by atoms with Crippen molar-refractivity contribution in [3.63, 3.8) is 0 Å². The molecule has 0 fully saturated rings. The summed E-state index contributed by atoms with van der Waals surface area (Å²) in [6, 6.07) is 7.04. The van der Waals surface area contributed by atoms with Crippen LogP contribution in [0.25, 0.3) is 0 Å². The molecule has 0 spiro atoms. The molecule has 0 unspecified atom stereocenters. The quantitative estimate of drug-likeness (QED) is 0.418. The molecule has 0 N–H and O–H groups in total. The zero-order valence-corrected chi connectivity index (χ0v) is 12.4. The number of esters is 2. The lowest BCUT2D eigenvalue weighted by molar-refractivity contribution is -0.142. The molecule has 5 heteroatoms. The Balaban J connectivity index is 2.47. The van der Waals surface area contributed by atoms with Gasteiger partial charge < -0.3 is 9.47 Å². The van der Waals surface area contributed by atoms with Gasteiger partial charge >= 0.3 is 11.9 Å². The third-order valence-electron chi connectivity index (χ3n) is 2.96. The average molecular weight is 292 g/mol. The van der Waals surface area contributed by atoms with Crippen LogP contribution < -0.4 is 0 Å². The van der Waals surface area contributed by atoms with Crippen LogP contribution in [0.15, 0.2) is 24.3 Å². The van der Waals surface area contributed by atoms with Crippen molar-refractivity contribution in [2.45, 2.75) is 32.6 Å². The van der Waals surface area contributed by atoms with E-state index in [2.05, 4.69) is 4.74 Å². The van der Waals surface area contributed by atoms with Crippen LogP contribution in [0.5, 0.6) is 0 Å². The molecule has 0 aromatic heterocycles. The molecule has 114 valence electrons. The highest BCUT2D eigenvalue weighted by molar-refractivity contribution is 6.05. The molecule has 1 aromatic rings. The lowest BCUT2D eigenvalue weighted by Gasteiger charge is -2.04. The molecular formula is C16H20O5. The van der Waals surface area contributed by atoms with Crippen LogP contribution in [-0.4, -0.2) is 31.4 Å². The molecule has 5 nitrogen and oxygen atoms in total. The maximum atomic E-state index is 11.8. The van der Waals surface area contributed by atoms with Crippen LogP contribution in [-0.2, 0) is 25.5 Å². The summed E-state index contributed by atoms with van der Waals surface area (Å²) in [4.78, 5) is 34.1. The SMILES string of the molecule is CCOC(=O)CC(=O)c1ccc(CCCC(=O)OC)cc1. The highest BCUT2D eigenvalue weighted by Crippen LogP contribution is 2.10. The number of ether oxygens (including phenoxy) is 2. The molecular weight excluding hydrogens is 272 g/mol. The summed E-state index contributed by atoms with van der Waals surface area (Å²) in [7, 11) is 1.37. The van der Waals surface area contributed by atoms with Gasteiger partial charge in [0.15, 0.2) is 5.78 Å². The summed E-state index contributed by atoms with van der Waals surface area (Å²) in [6.45, 7) is 1.97. The fourth-order valence-corrected chi connectivity index (χ4v) is 1.84. The Morgan fingerprint density at radius 1 is 1.05 bits per heavy atom. The Morgan fingerprint density at radius 2 is 1.71 bits per heavy atom. The summed E-state index contributed by atoms with van der Waals surface area (Å²) < 4.78 is 9.31. The maximum Gasteiger partial charge on any atom is 0.313 e. The summed E-state index contributed by atoms with van der Waals surface area (Å²) in [6.07, 6.45) is 1.57. The Labute approximate surface area is 124 Å². The molecule has 0 radical (unpaired) electrons. The number of carbonyl (C=O) groups excluding carboxylic acids is 3. The van der Waals surface area contributed by atoms with Gasteiger partial charge in [-0.2, -0.15) is 0 Å². The maximum absolute atomic E-state index is 11.8. The van der Waals surface area contributed by atoms with Crippen molar-refractivity contribution in [1.29, 1.82) is 0 Å². The molecule has 0 aliphatic heterocycles. The van der Waals surface area contributed by atoms with E-state index in [0.29, 0.717) is 18.4 Å². The fourth-order valence-electron chi connectivity index (χ4n) is 1.84. The Morgan fingerprint density at radius 3 is 2.29 bits per heavy atom. The average Bonchev–Trinajstić information content (AvgIpc) is 2.47. The van der Waals surface area contributed by atoms with Crippen LogP contribution in [0, 0.1) is 0 Å². The van der Waals surface area contributed by atoms with Crippen molar-refractivity contribution >= 4 is 17.7 Å². The van der Waals surface area contributed by atoms with Crippen LogP contribution in [0.3, 0.4) is 0 Å². The fraction of sp³-hybridized carbons (Fsp3) is 0.438. The van der Waals surface area contributed by atoms with Gasteiger partial charge in [-0.05, 0) is 25.3 Å². The minimum absolute atomic E-state index is 0.226. The zero-order valence-electron chi connectivity index (χ0n) is 12.4. The van der Waals surface area contributed by atoms with E-state index < -0.39 is 5.97 Å². The smallest absolute Gasteiger partial charge is 0.313 e. The molecule has 0 aliphatic rings. The van der Waals surface area contributed by atoms with Crippen LogP contribution in [0.1, 0.15) is 42.1 Å². The van der Waals surface area contributed by atoms with E-state index >= 15 is 0 Å². The zero-order chi connectivity index (χ0) is 15.7. The second-order valence-corrected chi connectivity index (χ2v) is 4.53. The van der Waals surface area contributed by atoms with Gasteiger partial charge in [0.1, 0.15) is 6.42 Å². The first-order chi connectivity index (χ1) is 10.1. The number of carbonyl (C=O) groups is 3. The van der Waals surface area contributed by atoms with Crippen LogP contribution >= 0.6 is 0 Å². The molecule has 0 saturated heterocycles. The van der Waals surface area contributed by atoms with E-state index in [1.165, 1.54) is 7.11 Å². The van der Waals surface area contributed by atoms with Gasteiger partial charge in [0.25, 0.3) is 0 Å². The Hall–Kier alpha value is -2.17. The second kappa shape index (κ2) is 8.89. The van der Waals surface area contributed by atoms with Gasteiger partial charge in [-0.3, -0.25) is 14.4 Å². The molecule has 0 atom stereocenters. The largest absolute Gasteiger partial charge is 0.469 e. The normalized spacial score (nSPS) is 10.0. The summed E-state index contributed by atoms with van der Waals surface area (Å²) in [5.74, 6) is -0.990. The minimum Gasteiger partial charge on any atom is -0.469 e. The summed E-state index contributed by atoms with van der Waals surface area (Å²) >= 11 is 0. The van der Waals surface area contributed by atoms with Crippen LogP contribution in [0.4, 0.5) is 0 Å². The number of hydrogen-bond acceptors (Lipinski definition) is 5. The third-order valence-corrected chi connectivity index (χ3v) is 2.96. The second-order valence-electron chi connectivity index (χ2n) is 4.53. The number of aryl methyl sites for hydroxylation is 1. The van der Waals surface area contributed by atoms with Crippen molar-refractivity contribution in [2.24, 2.45) is 0 Å². The van der Waals surface area contributed by atoms with Crippen molar-refractivity contribution < 1.29 is 23.9 Å². The molecule has 0 saturated carbocycles. The molecule has 0 aliphatic carbocycles. The van der Waals surface area contributed by atoms with Gasteiger partial charge in [0.2, 0.25) is 0 Å². The van der Waals surface area contributed by atoms with Crippen molar-refractivity contribution in [2.75, 3.05) is 13.7 Å². The first-order valence-electron chi connectivity index (χ1n) is 6.91. The first kappa shape index (κ1) is 16.9. The number of rotatable bonds is 8. The number of Topliss-reactive ketones (excluding diaryl/α,β-unsaturated/α-hetero) is 1. The lowest BCUT2D eigenvalue weighted by atomic mass is 10.0. The van der Waals surface area contributed by atoms with E-state index in [1.807, 2.05) is 12.1 Å². The van der Waals surface area contributed by atoms with Gasteiger partial charge in [-0.1, -0.05) is 24.3 Å². The van der Waals surface area contributed by atoms with Crippen molar-refractivity contribution in [3.05, 3.63) is 35.4 Å². The van der Waals surface area contributed by atoms with Gasteiger partial charge in [-0.15, -0.1) is 0 Å². The number of ketones is 1. The predicted molar refractivity (Wildman–Crippen MR) is 77.0 cm³/mol. The monoisotopic (exact) mass is 292 g/mol. The van der Waals surface area contributed by atoms with Gasteiger partial charge in [-0.25, -0.2) is 0 Å². The number of methoxy groups -OCH3 is 1. The number of benzene rings is 1. The van der Waals surface area contributed by atoms with E-state index in [-0.39, 0.29) is 24.8 Å². The lowest BCUT2D eigenvalue weighted by Crippen LogP contribution is -2.11. The molecule has 1 rings (SSSR count). The van der Waals surface area contributed by atoms with E-state index in [4.69, 9.17) is 4.74 Å².